The predicted molar refractivity (Wildman–Crippen MR) is 58.5 cm³/mol. The lowest BCUT2D eigenvalue weighted by Gasteiger charge is -2.15. The zero-order valence-corrected chi connectivity index (χ0v) is 9.91. The number of hydrogen-bond acceptors (Lipinski definition) is 4. The molecular weight excluding hydrogens is 279 g/mol. The Bertz CT molecular complexity index is 611. The maximum Gasteiger partial charge on any atom is 0.471 e. The normalized spacial score (nSPS) is 19.9. The minimum absolute atomic E-state index is 0.00794. The molecule has 0 fully saturated rings. The van der Waals surface area contributed by atoms with Gasteiger partial charge in [-0.2, -0.15) is 13.2 Å². The lowest BCUT2D eigenvalue weighted by atomic mass is 10.1. The first-order valence-electron chi connectivity index (χ1n) is 5.70. The third kappa shape index (κ3) is 1.97. The molecule has 0 spiro atoms. The number of ether oxygens (including phenoxy) is 2. The Hall–Kier alpha value is -2.25. The number of ketones is 1. The van der Waals surface area contributed by atoms with E-state index >= 15 is 0 Å². The minimum Gasteiger partial charge on any atom is -0.454 e. The first kappa shape index (κ1) is 12.8. The van der Waals surface area contributed by atoms with E-state index in [1.165, 1.54) is 12.1 Å². The van der Waals surface area contributed by atoms with Crippen molar-refractivity contribution in [3.8, 4) is 11.5 Å². The van der Waals surface area contributed by atoms with Crippen molar-refractivity contribution in [1.29, 1.82) is 0 Å². The summed E-state index contributed by atoms with van der Waals surface area (Å²) < 4.78 is 47.0. The van der Waals surface area contributed by atoms with Crippen LogP contribution in [0.1, 0.15) is 28.4 Å². The molecule has 0 aromatic heterocycles. The van der Waals surface area contributed by atoms with E-state index in [9.17, 15) is 22.8 Å². The van der Waals surface area contributed by atoms with Crippen LogP contribution in [0.2, 0.25) is 0 Å². The second-order valence-corrected chi connectivity index (χ2v) is 4.44. The first-order valence-corrected chi connectivity index (χ1v) is 5.70. The summed E-state index contributed by atoms with van der Waals surface area (Å²) >= 11 is 0. The molecule has 1 aromatic rings. The highest BCUT2D eigenvalue weighted by Gasteiger charge is 2.42. The minimum atomic E-state index is -4.98. The lowest BCUT2D eigenvalue weighted by Crippen LogP contribution is -2.38. The van der Waals surface area contributed by atoms with Crippen LogP contribution in [-0.4, -0.2) is 24.7 Å². The summed E-state index contributed by atoms with van der Waals surface area (Å²) in [5.41, 5.74) is 0.568. The fraction of sp³-hybridized carbons (Fsp3) is 0.333. The van der Waals surface area contributed by atoms with E-state index in [0.29, 0.717) is 17.1 Å². The van der Waals surface area contributed by atoms with Gasteiger partial charge in [0.05, 0.1) is 6.04 Å². The largest absolute Gasteiger partial charge is 0.471 e. The van der Waals surface area contributed by atoms with Gasteiger partial charge in [-0.05, 0) is 17.7 Å². The topological polar surface area (TPSA) is 64.6 Å². The van der Waals surface area contributed by atoms with Crippen molar-refractivity contribution >= 4 is 11.7 Å². The van der Waals surface area contributed by atoms with Crippen molar-refractivity contribution in [2.24, 2.45) is 0 Å². The zero-order chi connectivity index (χ0) is 14.5. The lowest BCUT2D eigenvalue weighted by molar-refractivity contribution is -0.174. The van der Waals surface area contributed by atoms with Gasteiger partial charge in [-0.3, -0.25) is 9.59 Å². The second-order valence-electron chi connectivity index (χ2n) is 4.44. The molecule has 0 unspecified atom stereocenters. The van der Waals surface area contributed by atoms with Gasteiger partial charge in [0.25, 0.3) is 0 Å². The van der Waals surface area contributed by atoms with E-state index in [4.69, 9.17) is 9.47 Å². The Morgan fingerprint density at radius 3 is 2.55 bits per heavy atom. The fourth-order valence-electron chi connectivity index (χ4n) is 2.26. The molecule has 0 saturated carbocycles. The molecule has 0 bridgehead atoms. The van der Waals surface area contributed by atoms with Crippen LogP contribution in [-0.2, 0) is 4.79 Å². The summed E-state index contributed by atoms with van der Waals surface area (Å²) in [6, 6.07) is 1.87. The maximum absolute atomic E-state index is 12.3. The number of amides is 1. The number of alkyl halides is 3. The Kier molecular flexibility index (Phi) is 2.63. The third-order valence-corrected chi connectivity index (χ3v) is 3.17. The van der Waals surface area contributed by atoms with E-state index in [-0.39, 0.29) is 24.6 Å². The van der Waals surface area contributed by atoms with Crippen molar-refractivity contribution in [3.63, 3.8) is 0 Å². The van der Waals surface area contributed by atoms with Crippen LogP contribution in [0, 0.1) is 0 Å². The van der Waals surface area contributed by atoms with Crippen LogP contribution in [0.4, 0.5) is 13.2 Å². The molecule has 8 heteroatoms. The number of carbonyl (C=O) groups excluding carboxylic acids is 2. The summed E-state index contributed by atoms with van der Waals surface area (Å²) in [4.78, 5) is 22.7. The van der Waals surface area contributed by atoms with Crippen molar-refractivity contribution in [1.82, 2.24) is 5.32 Å². The molecule has 1 aliphatic carbocycles. The van der Waals surface area contributed by atoms with Gasteiger partial charge in [-0.15, -0.1) is 0 Å². The van der Waals surface area contributed by atoms with Crippen LogP contribution in [0.5, 0.6) is 11.5 Å². The van der Waals surface area contributed by atoms with E-state index < -0.39 is 18.1 Å². The number of rotatable bonds is 1. The predicted octanol–water partition coefficient (Wildman–Crippen LogP) is 1.72. The molecule has 1 heterocycles. The Morgan fingerprint density at radius 1 is 1.25 bits per heavy atom. The molecule has 1 aliphatic heterocycles. The first-order chi connectivity index (χ1) is 9.36. The average molecular weight is 287 g/mol. The van der Waals surface area contributed by atoms with Gasteiger partial charge < -0.3 is 14.8 Å². The number of hydrogen-bond donors (Lipinski definition) is 1. The molecule has 0 radical (unpaired) electrons. The quantitative estimate of drug-likeness (QED) is 0.854. The van der Waals surface area contributed by atoms with Crippen LogP contribution < -0.4 is 14.8 Å². The molecule has 20 heavy (non-hydrogen) atoms. The number of carbonyl (C=O) groups is 2. The number of nitrogens with one attached hydrogen (secondary N) is 1. The molecule has 106 valence electrons. The summed E-state index contributed by atoms with van der Waals surface area (Å²) in [5.74, 6) is -1.68. The van der Waals surface area contributed by atoms with Crippen molar-refractivity contribution in [2.45, 2.75) is 18.6 Å². The molecular formula is C12H8F3NO4. The maximum atomic E-state index is 12.3. The summed E-state index contributed by atoms with van der Waals surface area (Å²) in [6.07, 6.45) is -5.19. The highest BCUT2D eigenvalue weighted by molar-refractivity contribution is 6.02. The van der Waals surface area contributed by atoms with Crippen molar-refractivity contribution in [2.75, 3.05) is 6.79 Å². The van der Waals surface area contributed by atoms with Gasteiger partial charge in [0.2, 0.25) is 6.79 Å². The van der Waals surface area contributed by atoms with Gasteiger partial charge in [0.1, 0.15) is 0 Å². The molecule has 1 amide bonds. The van der Waals surface area contributed by atoms with Gasteiger partial charge in [0.15, 0.2) is 17.3 Å². The van der Waals surface area contributed by atoms with E-state index in [0.717, 1.165) is 0 Å². The Morgan fingerprint density at radius 2 is 1.90 bits per heavy atom. The molecule has 1 N–H and O–H groups in total. The Balaban J connectivity index is 1.92. The van der Waals surface area contributed by atoms with Gasteiger partial charge in [-0.25, -0.2) is 0 Å². The number of benzene rings is 1. The molecule has 0 saturated heterocycles. The van der Waals surface area contributed by atoms with Crippen LogP contribution in [0.15, 0.2) is 12.1 Å². The van der Waals surface area contributed by atoms with E-state index in [1.54, 1.807) is 0 Å². The van der Waals surface area contributed by atoms with Gasteiger partial charge in [0, 0.05) is 12.0 Å². The van der Waals surface area contributed by atoms with Crippen LogP contribution in [0.25, 0.3) is 0 Å². The molecule has 1 atom stereocenters. The highest BCUT2D eigenvalue weighted by atomic mass is 19.4. The zero-order valence-electron chi connectivity index (χ0n) is 9.91. The molecule has 5 nitrogen and oxygen atoms in total. The summed E-state index contributed by atoms with van der Waals surface area (Å²) in [6.45, 7) is -0.00794. The number of Topliss-reactive ketones (excluding diaryl/α,β-unsaturated/α-hetero) is 1. The summed E-state index contributed by atoms with van der Waals surface area (Å²) in [7, 11) is 0. The SMILES string of the molecule is O=C1C[C@@H](NC(=O)C(F)(F)F)c2cc3c(cc21)OCO3. The highest BCUT2D eigenvalue weighted by Crippen LogP contribution is 2.41. The molecule has 3 rings (SSSR count). The van der Waals surface area contributed by atoms with E-state index in [1.807, 2.05) is 5.32 Å². The van der Waals surface area contributed by atoms with Crippen molar-refractivity contribution < 1.29 is 32.2 Å². The fourth-order valence-corrected chi connectivity index (χ4v) is 2.26. The van der Waals surface area contributed by atoms with Crippen LogP contribution >= 0.6 is 0 Å². The second kappa shape index (κ2) is 4.12. The Labute approximate surface area is 110 Å². The smallest absolute Gasteiger partial charge is 0.454 e. The average Bonchev–Trinajstić information content (AvgIpc) is 2.92. The number of halogens is 3. The van der Waals surface area contributed by atoms with Gasteiger partial charge >= 0.3 is 12.1 Å². The van der Waals surface area contributed by atoms with E-state index in [2.05, 4.69) is 0 Å². The third-order valence-electron chi connectivity index (χ3n) is 3.17. The molecule has 1 aromatic carbocycles. The molecule has 2 aliphatic rings. The van der Waals surface area contributed by atoms with Gasteiger partial charge in [-0.1, -0.05) is 0 Å². The summed E-state index contributed by atoms with van der Waals surface area (Å²) in [5, 5.41) is 1.82. The monoisotopic (exact) mass is 287 g/mol. The number of fused-ring (bicyclic) bond motifs is 2. The van der Waals surface area contributed by atoms with Crippen molar-refractivity contribution in [3.05, 3.63) is 23.3 Å². The van der Waals surface area contributed by atoms with Crippen LogP contribution in [0.3, 0.4) is 0 Å². The standard InChI is InChI=1S/C12H8F3NO4/c13-12(14,15)11(18)16-7-3-8(17)6-2-10-9(1-5(6)7)19-4-20-10/h1-2,7H,3-4H2,(H,16,18)/t7-/m1/s1.